The number of carbonyl (C=O) groups is 1. The first kappa shape index (κ1) is 20.7. The van der Waals surface area contributed by atoms with Crippen molar-refractivity contribution in [3.63, 3.8) is 0 Å². The molecule has 1 saturated heterocycles. The van der Waals surface area contributed by atoms with Gasteiger partial charge < -0.3 is 19.9 Å². The lowest BCUT2D eigenvalue weighted by molar-refractivity contribution is -0.274. The van der Waals surface area contributed by atoms with Crippen molar-refractivity contribution >= 4 is 11.8 Å². The molecule has 10 heteroatoms. The second kappa shape index (κ2) is 8.97. The van der Waals surface area contributed by atoms with Gasteiger partial charge >= 0.3 is 12.4 Å². The van der Waals surface area contributed by atoms with E-state index in [1.165, 1.54) is 24.3 Å². The van der Waals surface area contributed by atoms with Crippen LogP contribution in [0.15, 0.2) is 42.6 Å². The normalized spacial score (nSPS) is 17.0. The van der Waals surface area contributed by atoms with E-state index in [4.69, 9.17) is 0 Å². The first-order valence-corrected chi connectivity index (χ1v) is 9.20. The number of likely N-dealkylation sites (N-methyl/N-ethyl adjacent to an activating group) is 1. The molecular formula is C19H22F3N5O2. The van der Waals surface area contributed by atoms with Crippen LogP contribution in [0.4, 0.5) is 23.8 Å². The molecule has 7 nitrogen and oxygen atoms in total. The topological polar surface area (TPSA) is 70.6 Å². The summed E-state index contributed by atoms with van der Waals surface area (Å²) in [5, 5.41) is 10.8. The summed E-state index contributed by atoms with van der Waals surface area (Å²) in [5.41, 5.74) is 0.672. The summed E-state index contributed by atoms with van der Waals surface area (Å²) in [6, 6.07) is 8.90. The van der Waals surface area contributed by atoms with Crippen LogP contribution in [0.3, 0.4) is 0 Å². The smallest absolute Gasteiger partial charge is 0.406 e. The molecule has 2 heterocycles. The molecule has 0 spiro atoms. The number of nitrogens with zero attached hydrogens (tertiary/aromatic N) is 4. The molecule has 0 radical (unpaired) electrons. The zero-order chi connectivity index (χ0) is 20.9. The number of anilines is 1. The molecule has 1 fully saturated rings. The van der Waals surface area contributed by atoms with Crippen LogP contribution in [0.2, 0.25) is 0 Å². The number of hydrogen-bond donors (Lipinski definition) is 1. The van der Waals surface area contributed by atoms with Crippen molar-refractivity contribution in [1.82, 2.24) is 20.4 Å². The summed E-state index contributed by atoms with van der Waals surface area (Å²) in [4.78, 5) is 16.3. The summed E-state index contributed by atoms with van der Waals surface area (Å²) >= 11 is 0. The van der Waals surface area contributed by atoms with Gasteiger partial charge in [0.1, 0.15) is 5.75 Å². The van der Waals surface area contributed by atoms with Gasteiger partial charge in [-0.2, -0.15) is 5.10 Å². The highest BCUT2D eigenvalue weighted by atomic mass is 19.4. The predicted octanol–water partition coefficient (Wildman–Crippen LogP) is 3.19. The third-order valence-electron chi connectivity index (χ3n) is 4.75. The van der Waals surface area contributed by atoms with E-state index < -0.39 is 6.36 Å². The van der Waals surface area contributed by atoms with Crippen LogP contribution < -0.4 is 15.0 Å². The minimum Gasteiger partial charge on any atom is -0.406 e. The zero-order valence-electron chi connectivity index (χ0n) is 15.9. The number of carbonyl (C=O) groups excluding carboxylic acids is 1. The fourth-order valence-electron chi connectivity index (χ4n) is 3.22. The summed E-state index contributed by atoms with van der Waals surface area (Å²) in [6.45, 7) is 1.72. The van der Waals surface area contributed by atoms with Gasteiger partial charge in [-0.15, -0.1) is 18.3 Å². The molecule has 3 rings (SSSR count). The first-order valence-electron chi connectivity index (χ1n) is 9.20. The van der Waals surface area contributed by atoms with Crippen molar-refractivity contribution in [2.45, 2.75) is 31.8 Å². The largest absolute Gasteiger partial charge is 0.573 e. The van der Waals surface area contributed by atoms with Crippen LogP contribution in [0.5, 0.6) is 5.75 Å². The van der Waals surface area contributed by atoms with Gasteiger partial charge in [-0.3, -0.25) is 0 Å². The number of ether oxygens (including phenoxy) is 1. The van der Waals surface area contributed by atoms with Crippen molar-refractivity contribution in [1.29, 1.82) is 0 Å². The molecule has 1 N–H and O–H groups in total. The van der Waals surface area contributed by atoms with E-state index in [1.54, 1.807) is 18.1 Å². The van der Waals surface area contributed by atoms with E-state index in [2.05, 4.69) is 25.2 Å². The van der Waals surface area contributed by atoms with Crippen molar-refractivity contribution in [3.8, 4) is 5.75 Å². The number of benzene rings is 1. The number of nitrogens with one attached hydrogen (secondary N) is 1. The quantitative estimate of drug-likeness (QED) is 0.821. The van der Waals surface area contributed by atoms with Crippen LogP contribution in [0.1, 0.15) is 18.4 Å². The Morgan fingerprint density at radius 2 is 2.07 bits per heavy atom. The third kappa shape index (κ3) is 5.97. The number of piperidine rings is 1. The molecule has 0 saturated carbocycles. The molecule has 2 aromatic rings. The van der Waals surface area contributed by atoms with E-state index in [9.17, 15) is 18.0 Å². The number of amides is 2. The Hall–Kier alpha value is -3.04. The number of rotatable bonds is 5. The Labute approximate surface area is 166 Å². The molecule has 0 bridgehead atoms. The summed E-state index contributed by atoms with van der Waals surface area (Å²) < 4.78 is 40.4. The van der Waals surface area contributed by atoms with Gasteiger partial charge in [0, 0.05) is 32.9 Å². The summed E-state index contributed by atoms with van der Waals surface area (Å²) in [6.07, 6.45) is -1.30. The van der Waals surface area contributed by atoms with Gasteiger partial charge in [0.15, 0.2) is 5.82 Å². The first-order chi connectivity index (χ1) is 13.8. The maximum atomic E-state index is 12.5. The molecule has 1 aromatic heterocycles. The molecule has 29 heavy (non-hydrogen) atoms. The average Bonchev–Trinajstić information content (AvgIpc) is 2.72. The standard InChI is InChI=1S/C19H22F3N5O2/c1-26(15-4-3-11-27(13-15)17-5-2-10-24-25-17)18(28)23-12-14-6-8-16(9-7-14)29-19(20,21)22/h2,5-10,15H,3-4,11-13H2,1H3,(H,23,28)/t15-/m1/s1. The van der Waals surface area contributed by atoms with Gasteiger partial charge in [0.25, 0.3) is 0 Å². The highest BCUT2D eigenvalue weighted by Crippen LogP contribution is 2.23. The molecule has 0 unspecified atom stereocenters. The molecule has 1 aliphatic rings. The van der Waals surface area contributed by atoms with Crippen molar-refractivity contribution < 1.29 is 22.7 Å². The van der Waals surface area contributed by atoms with E-state index in [-0.39, 0.29) is 24.4 Å². The van der Waals surface area contributed by atoms with Gasteiger partial charge in [-0.1, -0.05) is 12.1 Å². The summed E-state index contributed by atoms with van der Waals surface area (Å²) in [5.74, 6) is 0.489. The van der Waals surface area contributed by atoms with Crippen LogP contribution in [-0.2, 0) is 6.54 Å². The molecule has 156 valence electrons. The maximum Gasteiger partial charge on any atom is 0.573 e. The Kier molecular flexibility index (Phi) is 6.40. The second-order valence-electron chi connectivity index (χ2n) is 6.79. The highest BCUT2D eigenvalue weighted by Gasteiger charge is 2.31. The third-order valence-corrected chi connectivity index (χ3v) is 4.75. The van der Waals surface area contributed by atoms with E-state index >= 15 is 0 Å². The van der Waals surface area contributed by atoms with Crippen LogP contribution in [0, 0.1) is 0 Å². The fraction of sp³-hybridized carbons (Fsp3) is 0.421. The minimum absolute atomic E-state index is 0.0216. The van der Waals surface area contributed by atoms with E-state index in [0.717, 1.165) is 25.2 Å². The molecule has 0 aliphatic carbocycles. The lowest BCUT2D eigenvalue weighted by Crippen LogP contribution is -2.51. The van der Waals surface area contributed by atoms with E-state index in [1.807, 2.05) is 12.1 Å². The average molecular weight is 409 g/mol. The van der Waals surface area contributed by atoms with Gasteiger partial charge in [0.2, 0.25) is 0 Å². The van der Waals surface area contributed by atoms with Crippen molar-refractivity contribution in [3.05, 3.63) is 48.2 Å². The lowest BCUT2D eigenvalue weighted by atomic mass is 10.0. The van der Waals surface area contributed by atoms with Gasteiger partial charge in [0.05, 0.1) is 6.04 Å². The number of halogens is 3. The molecular weight excluding hydrogens is 387 g/mol. The van der Waals surface area contributed by atoms with Crippen molar-refractivity contribution in [2.75, 3.05) is 25.0 Å². The van der Waals surface area contributed by atoms with Crippen LogP contribution in [0.25, 0.3) is 0 Å². The molecule has 1 atom stereocenters. The number of urea groups is 1. The van der Waals surface area contributed by atoms with Gasteiger partial charge in [-0.25, -0.2) is 4.79 Å². The number of hydrogen-bond acceptors (Lipinski definition) is 5. The monoisotopic (exact) mass is 409 g/mol. The summed E-state index contributed by atoms with van der Waals surface area (Å²) in [7, 11) is 1.74. The van der Waals surface area contributed by atoms with Crippen LogP contribution >= 0.6 is 0 Å². The van der Waals surface area contributed by atoms with E-state index in [0.29, 0.717) is 12.1 Å². The van der Waals surface area contributed by atoms with Crippen LogP contribution in [-0.4, -0.2) is 53.7 Å². The molecule has 2 amide bonds. The number of alkyl halides is 3. The molecule has 1 aromatic carbocycles. The Morgan fingerprint density at radius 3 is 2.72 bits per heavy atom. The minimum atomic E-state index is -4.72. The van der Waals surface area contributed by atoms with Gasteiger partial charge in [-0.05, 0) is 42.7 Å². The maximum absolute atomic E-state index is 12.5. The zero-order valence-corrected chi connectivity index (χ0v) is 15.9. The Bertz CT molecular complexity index is 802. The fourth-order valence-corrected chi connectivity index (χ4v) is 3.22. The van der Waals surface area contributed by atoms with Crippen molar-refractivity contribution in [2.24, 2.45) is 0 Å². The highest BCUT2D eigenvalue weighted by molar-refractivity contribution is 5.74. The Morgan fingerprint density at radius 1 is 1.31 bits per heavy atom. The number of aromatic nitrogens is 2. The predicted molar refractivity (Wildman–Crippen MR) is 100 cm³/mol. The lowest BCUT2D eigenvalue weighted by Gasteiger charge is -2.37. The SMILES string of the molecule is CN(C(=O)NCc1ccc(OC(F)(F)F)cc1)[C@@H]1CCCN(c2cccnn2)C1. The Balaban J connectivity index is 1.51. The molecule has 1 aliphatic heterocycles. The second-order valence-corrected chi connectivity index (χ2v) is 6.79.